The Balaban J connectivity index is 2.11. The number of carbonyl (C=O) groups is 3. The van der Waals surface area contributed by atoms with E-state index in [1.165, 1.54) is 0 Å². The number of hydrogen-bond donors (Lipinski definition) is 3. The molecular weight excluding hydrogens is 180 g/mol. The Morgan fingerprint density at radius 1 is 1.38 bits per heavy atom. The second kappa shape index (κ2) is 2.59. The highest BCUT2D eigenvalue weighted by atomic mass is 16.6. The van der Waals surface area contributed by atoms with Crippen molar-refractivity contribution >= 4 is 18.0 Å². The maximum Gasteiger partial charge on any atom is 0.424 e. The smallest absolute Gasteiger partial charge is 0.408 e. The lowest BCUT2D eigenvalue weighted by molar-refractivity contribution is -0.131. The Bertz CT molecular complexity index is 274. The van der Waals surface area contributed by atoms with Crippen LogP contribution in [-0.4, -0.2) is 35.8 Å². The van der Waals surface area contributed by atoms with E-state index in [4.69, 9.17) is 0 Å². The quantitative estimate of drug-likeness (QED) is 0.414. The van der Waals surface area contributed by atoms with Crippen LogP contribution in [0.5, 0.6) is 0 Å². The molecule has 13 heavy (non-hydrogen) atoms. The van der Waals surface area contributed by atoms with Crippen LogP contribution in [-0.2, 0) is 9.53 Å². The van der Waals surface area contributed by atoms with Gasteiger partial charge in [0, 0.05) is 0 Å². The average molecular weight is 186 g/mol. The molecule has 1 atom stereocenters. The zero-order valence-electron chi connectivity index (χ0n) is 6.36. The van der Waals surface area contributed by atoms with E-state index < -0.39 is 24.4 Å². The molecule has 0 aromatic carbocycles. The lowest BCUT2D eigenvalue weighted by atomic mass is 10.6. The highest BCUT2D eigenvalue weighted by molar-refractivity contribution is 6.02. The molecule has 0 radical (unpaired) electrons. The molecule has 2 aliphatic heterocycles. The lowest BCUT2D eigenvalue weighted by Gasteiger charge is -2.16. The molecule has 3 N–H and O–H groups in total. The molecule has 4 amide bonds. The molecule has 8 nitrogen and oxygen atoms in total. The minimum Gasteiger partial charge on any atom is -0.408 e. The first-order valence-electron chi connectivity index (χ1n) is 3.50. The number of carbonyl (C=O) groups excluding carboxylic acids is 3. The predicted molar refractivity (Wildman–Crippen MR) is 36.8 cm³/mol. The standard InChI is InChI=1S/C5H6N4O4/c10-2-1-6-3(11)9(2)4-7-8-5(12)13-4/h4,7H,1H2,(H,6,11)(H,8,12). The van der Waals surface area contributed by atoms with Gasteiger partial charge in [-0.1, -0.05) is 0 Å². The normalized spacial score (nSPS) is 27.2. The molecule has 0 saturated carbocycles. The van der Waals surface area contributed by atoms with Crippen molar-refractivity contribution in [1.29, 1.82) is 0 Å². The van der Waals surface area contributed by atoms with Crippen LogP contribution < -0.4 is 16.2 Å². The third-order valence-corrected chi connectivity index (χ3v) is 1.63. The third kappa shape index (κ3) is 1.16. The SMILES string of the molecule is O=C1NNC(N2C(=O)CNC2=O)O1. The van der Waals surface area contributed by atoms with Gasteiger partial charge in [-0.2, -0.15) is 5.43 Å². The summed E-state index contributed by atoms with van der Waals surface area (Å²) in [4.78, 5) is 33.4. The van der Waals surface area contributed by atoms with E-state index in [1.807, 2.05) is 0 Å². The van der Waals surface area contributed by atoms with E-state index in [2.05, 4.69) is 20.9 Å². The number of hydrazine groups is 1. The fourth-order valence-electron chi connectivity index (χ4n) is 1.07. The van der Waals surface area contributed by atoms with Gasteiger partial charge in [0.2, 0.25) is 0 Å². The van der Waals surface area contributed by atoms with Crippen LogP contribution in [0.15, 0.2) is 0 Å². The summed E-state index contributed by atoms with van der Waals surface area (Å²) in [6.07, 6.45) is -1.78. The van der Waals surface area contributed by atoms with Crippen molar-refractivity contribution in [2.45, 2.75) is 6.35 Å². The van der Waals surface area contributed by atoms with Crippen LogP contribution >= 0.6 is 0 Å². The van der Waals surface area contributed by atoms with Crippen LogP contribution in [0, 0.1) is 0 Å². The topological polar surface area (TPSA) is 99.8 Å². The molecule has 2 aliphatic rings. The summed E-state index contributed by atoms with van der Waals surface area (Å²) in [5.74, 6) is -0.445. The summed E-state index contributed by atoms with van der Waals surface area (Å²) >= 11 is 0. The molecule has 0 spiro atoms. The zero-order chi connectivity index (χ0) is 9.42. The minimum absolute atomic E-state index is 0.0748. The van der Waals surface area contributed by atoms with E-state index in [0.29, 0.717) is 0 Å². The van der Waals surface area contributed by atoms with Gasteiger partial charge in [0.1, 0.15) is 0 Å². The minimum atomic E-state index is -1.05. The molecule has 0 aromatic heterocycles. The van der Waals surface area contributed by atoms with Gasteiger partial charge < -0.3 is 10.1 Å². The summed E-state index contributed by atoms with van der Waals surface area (Å²) in [6.45, 7) is -0.0748. The summed E-state index contributed by atoms with van der Waals surface area (Å²) in [5.41, 5.74) is 4.43. The van der Waals surface area contributed by atoms with Crippen LogP contribution in [0.25, 0.3) is 0 Å². The number of nitrogens with zero attached hydrogens (tertiary/aromatic N) is 1. The van der Waals surface area contributed by atoms with Gasteiger partial charge in [0.05, 0.1) is 6.54 Å². The fraction of sp³-hybridized carbons (Fsp3) is 0.400. The second-order valence-electron chi connectivity index (χ2n) is 2.45. The highest BCUT2D eigenvalue weighted by Crippen LogP contribution is 2.07. The molecule has 70 valence electrons. The summed E-state index contributed by atoms with van der Waals surface area (Å²) < 4.78 is 4.57. The van der Waals surface area contributed by atoms with Crippen molar-refractivity contribution in [3.8, 4) is 0 Å². The maximum absolute atomic E-state index is 11.1. The first kappa shape index (κ1) is 7.80. The molecule has 2 rings (SSSR count). The fourth-order valence-corrected chi connectivity index (χ4v) is 1.07. The number of cyclic esters (lactones) is 1. The van der Waals surface area contributed by atoms with Crippen LogP contribution in [0.4, 0.5) is 9.59 Å². The Morgan fingerprint density at radius 2 is 2.15 bits per heavy atom. The Labute approximate surface area is 72.2 Å². The van der Waals surface area contributed by atoms with E-state index in [1.54, 1.807) is 0 Å². The molecule has 2 saturated heterocycles. The number of amides is 4. The van der Waals surface area contributed by atoms with Crippen molar-refractivity contribution < 1.29 is 19.1 Å². The molecule has 0 bridgehead atoms. The monoisotopic (exact) mass is 186 g/mol. The van der Waals surface area contributed by atoms with Crippen molar-refractivity contribution in [2.75, 3.05) is 6.54 Å². The maximum atomic E-state index is 11.1. The molecule has 8 heteroatoms. The molecule has 0 aliphatic carbocycles. The van der Waals surface area contributed by atoms with Gasteiger partial charge in [-0.15, -0.1) is 0 Å². The first-order chi connectivity index (χ1) is 6.18. The van der Waals surface area contributed by atoms with Gasteiger partial charge in [-0.05, 0) is 0 Å². The number of ether oxygens (including phenoxy) is 1. The van der Waals surface area contributed by atoms with Gasteiger partial charge in [-0.3, -0.25) is 10.2 Å². The molecule has 2 heterocycles. The third-order valence-electron chi connectivity index (χ3n) is 1.63. The van der Waals surface area contributed by atoms with Crippen molar-refractivity contribution in [2.24, 2.45) is 0 Å². The molecular formula is C5H6N4O4. The first-order valence-corrected chi connectivity index (χ1v) is 3.50. The largest absolute Gasteiger partial charge is 0.424 e. The molecule has 0 aromatic rings. The zero-order valence-corrected chi connectivity index (χ0v) is 6.36. The average Bonchev–Trinajstić information content (AvgIpc) is 2.60. The summed E-state index contributed by atoms with van der Waals surface area (Å²) in [5, 5.41) is 2.29. The second-order valence-corrected chi connectivity index (χ2v) is 2.45. The van der Waals surface area contributed by atoms with Crippen molar-refractivity contribution in [1.82, 2.24) is 21.1 Å². The van der Waals surface area contributed by atoms with Crippen LogP contribution in [0.2, 0.25) is 0 Å². The predicted octanol–water partition coefficient (Wildman–Crippen LogP) is -1.93. The van der Waals surface area contributed by atoms with Crippen LogP contribution in [0.3, 0.4) is 0 Å². The van der Waals surface area contributed by atoms with Crippen LogP contribution in [0.1, 0.15) is 0 Å². The van der Waals surface area contributed by atoms with E-state index in [9.17, 15) is 14.4 Å². The van der Waals surface area contributed by atoms with E-state index in [-0.39, 0.29) is 6.54 Å². The number of nitrogens with one attached hydrogen (secondary N) is 3. The van der Waals surface area contributed by atoms with Gasteiger partial charge in [0.25, 0.3) is 12.3 Å². The van der Waals surface area contributed by atoms with Crippen molar-refractivity contribution in [3.63, 3.8) is 0 Å². The number of hydrogen-bond acceptors (Lipinski definition) is 5. The number of urea groups is 1. The number of rotatable bonds is 1. The van der Waals surface area contributed by atoms with Gasteiger partial charge >= 0.3 is 12.1 Å². The molecule has 1 unspecified atom stereocenters. The van der Waals surface area contributed by atoms with E-state index >= 15 is 0 Å². The van der Waals surface area contributed by atoms with Gasteiger partial charge in [-0.25, -0.2) is 14.5 Å². The van der Waals surface area contributed by atoms with Gasteiger partial charge in [0.15, 0.2) is 0 Å². The molecule has 2 fully saturated rings. The van der Waals surface area contributed by atoms with Crippen molar-refractivity contribution in [3.05, 3.63) is 0 Å². The lowest BCUT2D eigenvalue weighted by Crippen LogP contribution is -2.48. The number of imide groups is 1. The Kier molecular flexibility index (Phi) is 1.55. The Morgan fingerprint density at radius 3 is 2.62 bits per heavy atom. The van der Waals surface area contributed by atoms with E-state index in [0.717, 1.165) is 4.90 Å². The Hall–Kier alpha value is -1.83. The highest BCUT2D eigenvalue weighted by Gasteiger charge is 2.40. The summed E-state index contributed by atoms with van der Waals surface area (Å²) in [6, 6.07) is -0.584. The summed E-state index contributed by atoms with van der Waals surface area (Å²) in [7, 11) is 0.